The van der Waals surface area contributed by atoms with Crippen molar-refractivity contribution in [2.24, 2.45) is 5.73 Å². The molecule has 2 aromatic carbocycles. The van der Waals surface area contributed by atoms with E-state index in [-0.39, 0.29) is 0 Å². The second-order valence-electron chi connectivity index (χ2n) is 9.56. The van der Waals surface area contributed by atoms with Gasteiger partial charge in [0.05, 0.1) is 23.2 Å². The molecule has 1 aromatic heterocycles. The highest BCUT2D eigenvalue weighted by Crippen LogP contribution is 2.42. The van der Waals surface area contributed by atoms with Gasteiger partial charge in [0.25, 0.3) is 0 Å². The molecule has 2 N–H and O–H groups in total. The number of methoxy groups -OCH3 is 1. The number of anilines is 2. The van der Waals surface area contributed by atoms with E-state index in [2.05, 4.69) is 68.7 Å². The number of ether oxygens (including phenoxy) is 1. The highest BCUT2D eigenvalue weighted by Gasteiger charge is 2.39. The van der Waals surface area contributed by atoms with E-state index in [1.807, 2.05) is 19.2 Å². The van der Waals surface area contributed by atoms with Gasteiger partial charge in [-0.05, 0) is 67.9 Å². The zero-order valence-electron chi connectivity index (χ0n) is 20.8. The van der Waals surface area contributed by atoms with Gasteiger partial charge >= 0.3 is 0 Å². The summed E-state index contributed by atoms with van der Waals surface area (Å²) in [5.74, 6) is 0. The third kappa shape index (κ3) is 4.12. The van der Waals surface area contributed by atoms with Gasteiger partial charge in [-0.1, -0.05) is 6.07 Å². The monoisotopic (exact) mass is 470 g/mol. The number of pyridine rings is 1. The van der Waals surface area contributed by atoms with Crippen molar-refractivity contribution in [3.05, 3.63) is 65.4 Å². The lowest BCUT2D eigenvalue weighted by atomic mass is 9.99. The maximum Gasteiger partial charge on any atom is 0.101 e. The molecule has 0 aliphatic carbocycles. The van der Waals surface area contributed by atoms with Gasteiger partial charge in [-0.15, -0.1) is 0 Å². The molecule has 6 rings (SSSR count). The number of nitriles is 1. The fourth-order valence-electron chi connectivity index (χ4n) is 5.99. The van der Waals surface area contributed by atoms with Crippen LogP contribution in [0.3, 0.4) is 0 Å². The predicted molar refractivity (Wildman–Crippen MR) is 141 cm³/mol. The first-order chi connectivity index (χ1) is 17.2. The van der Waals surface area contributed by atoms with Crippen LogP contribution in [0.25, 0.3) is 10.9 Å². The summed E-state index contributed by atoms with van der Waals surface area (Å²) in [6.45, 7) is 7.30. The van der Waals surface area contributed by atoms with Crippen LogP contribution in [0.15, 0.2) is 48.7 Å². The van der Waals surface area contributed by atoms with Crippen molar-refractivity contribution in [1.82, 2.24) is 9.88 Å². The van der Waals surface area contributed by atoms with Crippen LogP contribution < -0.4 is 15.5 Å². The van der Waals surface area contributed by atoms with Crippen LogP contribution in [-0.2, 0) is 11.3 Å². The molecular weight excluding hydrogens is 436 g/mol. The van der Waals surface area contributed by atoms with Crippen molar-refractivity contribution in [2.45, 2.75) is 38.1 Å². The second-order valence-corrected chi connectivity index (χ2v) is 9.56. The first kappa shape index (κ1) is 23.6. The number of aromatic nitrogens is 1. The third-order valence-corrected chi connectivity index (χ3v) is 7.73. The fraction of sp³-hybridized carbons (Fsp3) is 0.429. The molecule has 0 spiro atoms. The van der Waals surface area contributed by atoms with Gasteiger partial charge in [-0.3, -0.25) is 9.88 Å². The lowest BCUT2D eigenvalue weighted by Gasteiger charge is -2.43. The van der Waals surface area contributed by atoms with Crippen LogP contribution in [-0.4, -0.2) is 62.4 Å². The summed E-state index contributed by atoms with van der Waals surface area (Å²) in [5.41, 5.74) is 11.3. The van der Waals surface area contributed by atoms with Crippen molar-refractivity contribution >= 4 is 22.3 Å². The number of nitrogens with two attached hydrogens (primary N) is 1. The van der Waals surface area contributed by atoms with Crippen molar-refractivity contribution in [3.8, 4) is 6.07 Å². The molecule has 182 valence electrons. The van der Waals surface area contributed by atoms with Crippen LogP contribution in [0.2, 0.25) is 0 Å². The van der Waals surface area contributed by atoms with Gasteiger partial charge in [0.15, 0.2) is 0 Å². The molecule has 35 heavy (non-hydrogen) atoms. The molecular formula is C28H34N6O. The van der Waals surface area contributed by atoms with E-state index in [4.69, 9.17) is 4.74 Å². The van der Waals surface area contributed by atoms with Crippen LogP contribution in [0.5, 0.6) is 0 Å². The molecule has 3 aliphatic rings. The Hall–Kier alpha value is -3.18. The number of rotatable bonds is 3. The van der Waals surface area contributed by atoms with E-state index in [0.29, 0.717) is 23.8 Å². The van der Waals surface area contributed by atoms with Crippen molar-refractivity contribution < 1.29 is 4.74 Å². The maximum absolute atomic E-state index is 9.52. The van der Waals surface area contributed by atoms with Crippen molar-refractivity contribution in [3.63, 3.8) is 0 Å². The summed E-state index contributed by atoms with van der Waals surface area (Å²) in [4.78, 5) is 12.1. The fourth-order valence-corrected chi connectivity index (χ4v) is 5.99. The second kappa shape index (κ2) is 9.82. The summed E-state index contributed by atoms with van der Waals surface area (Å²) in [5, 5.41) is 10.6. The minimum Gasteiger partial charge on any atom is -0.380 e. The normalized spacial score (nSPS) is 23.5. The molecule has 3 unspecified atom stereocenters. The molecule has 3 aliphatic heterocycles. The Labute approximate surface area is 207 Å². The SMILES string of the molecule is CN.COC1CCN(c2ccc3c(c2)CN2C(C)CN(c4ccc(C#N)c5ncccc45)CC32)C1. The summed E-state index contributed by atoms with van der Waals surface area (Å²) in [6.07, 6.45) is 3.21. The van der Waals surface area contributed by atoms with Crippen LogP contribution in [0.1, 0.15) is 36.1 Å². The van der Waals surface area contributed by atoms with Gasteiger partial charge in [0.1, 0.15) is 6.07 Å². The Morgan fingerprint density at radius 1 is 1.09 bits per heavy atom. The standard InChI is InChI=1S/C27H29N5O.CH5N/c1-18-14-31(25-8-5-19(13-28)27-24(25)4-3-10-29-27)17-26-23-7-6-21(12-20(23)15-32(18)26)30-11-9-22(16-30)33-2;1-2/h3-8,10,12,18,22,26H,9,11,14-17H2,1-2H3;2H2,1H3. The van der Waals surface area contributed by atoms with Crippen molar-refractivity contribution in [2.75, 3.05) is 50.1 Å². The summed E-state index contributed by atoms with van der Waals surface area (Å²) in [7, 11) is 3.31. The molecule has 2 fully saturated rings. The number of fused-ring (bicyclic) bond motifs is 4. The number of benzene rings is 2. The highest BCUT2D eigenvalue weighted by molar-refractivity contribution is 5.95. The quantitative estimate of drug-likeness (QED) is 0.625. The third-order valence-electron chi connectivity index (χ3n) is 7.73. The van der Waals surface area contributed by atoms with E-state index < -0.39 is 0 Å². The van der Waals surface area contributed by atoms with Crippen LogP contribution in [0, 0.1) is 11.3 Å². The molecule has 0 saturated carbocycles. The Balaban J connectivity index is 0.00000124. The van der Waals surface area contributed by atoms with Gasteiger partial charge in [-0.25, -0.2) is 0 Å². The predicted octanol–water partition coefficient (Wildman–Crippen LogP) is 3.67. The Morgan fingerprint density at radius 2 is 1.94 bits per heavy atom. The number of hydrogen-bond acceptors (Lipinski definition) is 7. The van der Waals surface area contributed by atoms with E-state index in [1.165, 1.54) is 29.5 Å². The molecule has 0 radical (unpaired) electrons. The topological polar surface area (TPSA) is 81.7 Å². The molecule has 0 bridgehead atoms. The molecule has 3 atom stereocenters. The van der Waals surface area contributed by atoms with Crippen molar-refractivity contribution in [1.29, 1.82) is 5.26 Å². The average molecular weight is 471 g/mol. The lowest BCUT2D eigenvalue weighted by molar-refractivity contribution is 0.121. The van der Waals surface area contributed by atoms with E-state index in [9.17, 15) is 5.26 Å². The van der Waals surface area contributed by atoms with E-state index in [1.54, 1.807) is 6.20 Å². The largest absolute Gasteiger partial charge is 0.380 e. The molecule has 0 amide bonds. The van der Waals surface area contributed by atoms with Gasteiger partial charge in [0, 0.05) is 68.8 Å². The van der Waals surface area contributed by atoms with E-state index in [0.717, 1.165) is 50.0 Å². The highest BCUT2D eigenvalue weighted by atomic mass is 16.5. The molecule has 3 aromatic rings. The number of nitrogens with zero attached hydrogens (tertiary/aromatic N) is 5. The van der Waals surface area contributed by atoms with Gasteiger partial charge in [0.2, 0.25) is 0 Å². The number of piperazine rings is 1. The minimum absolute atomic E-state index is 0.342. The first-order valence-electron chi connectivity index (χ1n) is 12.4. The zero-order valence-corrected chi connectivity index (χ0v) is 20.8. The zero-order chi connectivity index (χ0) is 24.5. The lowest BCUT2D eigenvalue weighted by Crippen LogP contribution is -2.51. The molecule has 7 nitrogen and oxygen atoms in total. The molecule has 2 saturated heterocycles. The number of hydrogen-bond donors (Lipinski definition) is 1. The van der Waals surface area contributed by atoms with E-state index >= 15 is 0 Å². The Kier molecular flexibility index (Phi) is 6.61. The molecule has 7 heteroatoms. The van der Waals surface area contributed by atoms with Gasteiger partial charge < -0.3 is 20.3 Å². The minimum atomic E-state index is 0.342. The molecule has 4 heterocycles. The average Bonchev–Trinajstić information content (AvgIpc) is 3.54. The van der Waals surface area contributed by atoms with Crippen LogP contribution in [0.4, 0.5) is 11.4 Å². The Morgan fingerprint density at radius 3 is 2.71 bits per heavy atom. The Bertz CT molecular complexity index is 1250. The van der Waals surface area contributed by atoms with Crippen LogP contribution >= 0.6 is 0 Å². The van der Waals surface area contributed by atoms with Gasteiger partial charge in [-0.2, -0.15) is 5.26 Å². The summed E-state index contributed by atoms with van der Waals surface area (Å²) < 4.78 is 5.57. The maximum atomic E-state index is 9.52. The summed E-state index contributed by atoms with van der Waals surface area (Å²) in [6, 6.07) is 18.2. The first-order valence-corrected chi connectivity index (χ1v) is 12.4. The summed E-state index contributed by atoms with van der Waals surface area (Å²) >= 11 is 0. The smallest absolute Gasteiger partial charge is 0.101 e.